The highest BCUT2D eigenvalue weighted by Gasteiger charge is 2.19. The molecule has 8 heteroatoms. The van der Waals surface area contributed by atoms with E-state index >= 15 is 0 Å². The number of thiazole rings is 1. The molecule has 114 valence electrons. The van der Waals surface area contributed by atoms with Gasteiger partial charge >= 0.3 is 0 Å². The molecule has 1 aromatic heterocycles. The lowest BCUT2D eigenvalue weighted by atomic mass is 10.2. The van der Waals surface area contributed by atoms with Crippen LogP contribution in [-0.4, -0.2) is 19.9 Å². The Balaban J connectivity index is 2.12. The third-order valence-corrected chi connectivity index (χ3v) is 4.98. The molecule has 0 spiro atoms. The number of sulfonamides is 1. The van der Waals surface area contributed by atoms with Crippen molar-refractivity contribution < 1.29 is 12.8 Å². The van der Waals surface area contributed by atoms with Gasteiger partial charge in [-0.15, -0.1) is 11.3 Å². The molecule has 0 saturated heterocycles. The largest absolute Gasteiger partial charge is 0.313 e. The van der Waals surface area contributed by atoms with Crippen molar-refractivity contribution in [2.75, 3.05) is 6.54 Å². The Labute approximate surface area is 127 Å². The smallest absolute Gasteiger partial charge is 0.243 e. The lowest BCUT2D eigenvalue weighted by Gasteiger charge is -2.08. The first kappa shape index (κ1) is 16.0. The SMILES string of the molecule is CCNCc1ccc(S(=O)(=O)NCc2nccs2)c(F)c1. The summed E-state index contributed by atoms with van der Waals surface area (Å²) >= 11 is 1.33. The first-order valence-electron chi connectivity index (χ1n) is 6.40. The van der Waals surface area contributed by atoms with E-state index in [-0.39, 0.29) is 11.4 Å². The van der Waals surface area contributed by atoms with E-state index in [0.29, 0.717) is 17.1 Å². The standard InChI is InChI=1S/C13H16FN3O2S2/c1-2-15-8-10-3-4-12(11(14)7-10)21(18,19)17-9-13-16-5-6-20-13/h3-7,15,17H,2,8-9H2,1H3. The molecule has 0 aliphatic rings. The second-order valence-corrected chi connectivity index (χ2v) is 7.01. The van der Waals surface area contributed by atoms with E-state index in [1.165, 1.54) is 23.5 Å². The summed E-state index contributed by atoms with van der Waals surface area (Å²) in [5.41, 5.74) is 0.702. The van der Waals surface area contributed by atoms with Crippen LogP contribution in [0.1, 0.15) is 17.5 Å². The van der Waals surface area contributed by atoms with Gasteiger partial charge in [0.25, 0.3) is 0 Å². The van der Waals surface area contributed by atoms with Gasteiger partial charge in [0.2, 0.25) is 10.0 Å². The van der Waals surface area contributed by atoms with E-state index in [9.17, 15) is 12.8 Å². The number of benzene rings is 1. The van der Waals surface area contributed by atoms with Gasteiger partial charge in [0.05, 0.1) is 6.54 Å². The van der Waals surface area contributed by atoms with Gasteiger partial charge in [-0.25, -0.2) is 22.5 Å². The predicted octanol–water partition coefficient (Wildman–Crippen LogP) is 1.87. The van der Waals surface area contributed by atoms with Crippen LogP contribution in [0, 0.1) is 5.82 Å². The van der Waals surface area contributed by atoms with Crippen LogP contribution in [0.15, 0.2) is 34.7 Å². The van der Waals surface area contributed by atoms with E-state index < -0.39 is 15.8 Å². The van der Waals surface area contributed by atoms with Crippen molar-refractivity contribution in [2.45, 2.75) is 24.9 Å². The lowest BCUT2D eigenvalue weighted by molar-refractivity contribution is 0.555. The Kier molecular flexibility index (Phi) is 5.40. The molecule has 0 aliphatic carbocycles. The van der Waals surface area contributed by atoms with E-state index in [1.54, 1.807) is 17.6 Å². The number of halogens is 1. The number of rotatable bonds is 7. The predicted molar refractivity (Wildman–Crippen MR) is 79.9 cm³/mol. The molecular formula is C13H16FN3O2S2. The second kappa shape index (κ2) is 7.08. The fourth-order valence-electron chi connectivity index (χ4n) is 1.72. The summed E-state index contributed by atoms with van der Waals surface area (Å²) < 4.78 is 40.5. The Morgan fingerprint density at radius 3 is 2.76 bits per heavy atom. The van der Waals surface area contributed by atoms with E-state index in [4.69, 9.17) is 0 Å². The number of hydrogen-bond acceptors (Lipinski definition) is 5. The van der Waals surface area contributed by atoms with Crippen LogP contribution in [0.25, 0.3) is 0 Å². The van der Waals surface area contributed by atoms with Crippen LogP contribution < -0.4 is 10.0 Å². The monoisotopic (exact) mass is 329 g/mol. The van der Waals surface area contributed by atoms with Crippen LogP contribution in [0.2, 0.25) is 0 Å². The topological polar surface area (TPSA) is 71.1 Å². The minimum Gasteiger partial charge on any atom is -0.313 e. The highest BCUT2D eigenvalue weighted by molar-refractivity contribution is 7.89. The normalized spacial score (nSPS) is 11.7. The van der Waals surface area contributed by atoms with Crippen molar-refractivity contribution in [2.24, 2.45) is 0 Å². The summed E-state index contributed by atoms with van der Waals surface area (Å²) in [4.78, 5) is 3.62. The molecular weight excluding hydrogens is 313 g/mol. The average molecular weight is 329 g/mol. The molecule has 21 heavy (non-hydrogen) atoms. The third-order valence-electron chi connectivity index (χ3n) is 2.76. The van der Waals surface area contributed by atoms with E-state index in [0.717, 1.165) is 6.54 Å². The van der Waals surface area contributed by atoms with Gasteiger partial charge < -0.3 is 5.32 Å². The molecule has 1 heterocycles. The minimum absolute atomic E-state index is 0.0541. The highest BCUT2D eigenvalue weighted by atomic mass is 32.2. The van der Waals surface area contributed by atoms with E-state index in [2.05, 4.69) is 15.0 Å². The first-order chi connectivity index (χ1) is 10.0. The summed E-state index contributed by atoms with van der Waals surface area (Å²) in [6, 6.07) is 4.12. The number of aromatic nitrogens is 1. The van der Waals surface area contributed by atoms with Crippen LogP contribution in [0.5, 0.6) is 0 Å². The molecule has 0 aliphatic heterocycles. The fourth-order valence-corrected chi connectivity index (χ4v) is 3.41. The van der Waals surface area contributed by atoms with Crippen molar-refractivity contribution >= 4 is 21.4 Å². The van der Waals surface area contributed by atoms with Crippen LogP contribution in [0.4, 0.5) is 4.39 Å². The highest BCUT2D eigenvalue weighted by Crippen LogP contribution is 2.16. The third kappa shape index (κ3) is 4.31. The maximum absolute atomic E-state index is 14.0. The first-order valence-corrected chi connectivity index (χ1v) is 8.76. The number of nitrogens with one attached hydrogen (secondary N) is 2. The molecule has 0 amide bonds. The van der Waals surface area contributed by atoms with Gasteiger partial charge in [-0.2, -0.15) is 0 Å². The molecule has 2 aromatic rings. The van der Waals surface area contributed by atoms with Gasteiger partial charge in [-0.05, 0) is 24.2 Å². The van der Waals surface area contributed by atoms with Crippen molar-refractivity contribution in [3.8, 4) is 0 Å². The van der Waals surface area contributed by atoms with Gasteiger partial charge in [-0.1, -0.05) is 13.0 Å². The molecule has 0 fully saturated rings. The fraction of sp³-hybridized carbons (Fsp3) is 0.308. The van der Waals surface area contributed by atoms with Crippen molar-refractivity contribution in [3.63, 3.8) is 0 Å². The van der Waals surface area contributed by atoms with Crippen LogP contribution in [-0.2, 0) is 23.1 Å². The van der Waals surface area contributed by atoms with Gasteiger partial charge in [0, 0.05) is 18.1 Å². The number of nitrogens with zero attached hydrogens (tertiary/aromatic N) is 1. The van der Waals surface area contributed by atoms with Crippen LogP contribution in [0.3, 0.4) is 0 Å². The summed E-state index contributed by atoms with van der Waals surface area (Å²) in [5, 5.41) is 5.43. The zero-order valence-corrected chi connectivity index (χ0v) is 13.1. The van der Waals surface area contributed by atoms with Gasteiger partial charge in [0.15, 0.2) is 0 Å². The summed E-state index contributed by atoms with van der Waals surface area (Å²) in [5.74, 6) is -0.753. The molecule has 0 atom stereocenters. The van der Waals surface area contributed by atoms with Crippen molar-refractivity contribution in [1.29, 1.82) is 0 Å². The Morgan fingerprint density at radius 1 is 1.33 bits per heavy atom. The summed E-state index contributed by atoms with van der Waals surface area (Å²) in [6.07, 6.45) is 1.59. The maximum Gasteiger partial charge on any atom is 0.243 e. The zero-order valence-electron chi connectivity index (χ0n) is 11.5. The molecule has 0 unspecified atom stereocenters. The Bertz CT molecular complexity index is 687. The van der Waals surface area contributed by atoms with Gasteiger partial charge in [-0.3, -0.25) is 0 Å². The second-order valence-electron chi connectivity index (χ2n) is 4.30. The molecule has 2 N–H and O–H groups in total. The number of hydrogen-bond donors (Lipinski definition) is 2. The summed E-state index contributed by atoms with van der Waals surface area (Å²) in [6.45, 7) is 3.26. The van der Waals surface area contributed by atoms with Crippen LogP contribution >= 0.6 is 11.3 Å². The molecule has 1 aromatic carbocycles. The molecule has 0 radical (unpaired) electrons. The average Bonchev–Trinajstić information content (AvgIpc) is 2.96. The molecule has 5 nitrogen and oxygen atoms in total. The van der Waals surface area contributed by atoms with E-state index in [1.807, 2.05) is 6.92 Å². The maximum atomic E-state index is 14.0. The Morgan fingerprint density at radius 2 is 2.14 bits per heavy atom. The molecule has 0 bridgehead atoms. The van der Waals surface area contributed by atoms with Gasteiger partial charge in [0.1, 0.15) is 15.7 Å². The summed E-state index contributed by atoms with van der Waals surface area (Å²) in [7, 11) is -3.88. The molecule has 0 saturated carbocycles. The molecule has 2 rings (SSSR count). The van der Waals surface area contributed by atoms with Crippen molar-refractivity contribution in [1.82, 2.24) is 15.0 Å². The minimum atomic E-state index is -3.88. The van der Waals surface area contributed by atoms with Crippen molar-refractivity contribution in [3.05, 3.63) is 46.2 Å². The zero-order chi connectivity index (χ0) is 15.3. The Hall–Kier alpha value is -1.35. The lowest BCUT2D eigenvalue weighted by Crippen LogP contribution is -2.24. The quantitative estimate of drug-likeness (QED) is 0.813.